The summed E-state index contributed by atoms with van der Waals surface area (Å²) < 4.78 is 2.58. The summed E-state index contributed by atoms with van der Waals surface area (Å²) in [6.07, 6.45) is 7.35. The van der Waals surface area contributed by atoms with Crippen LogP contribution in [0.5, 0.6) is 0 Å². The van der Waals surface area contributed by atoms with E-state index in [-0.39, 0.29) is 24.8 Å². The van der Waals surface area contributed by atoms with Crippen LogP contribution in [0, 0.1) is 5.92 Å². The van der Waals surface area contributed by atoms with Crippen LogP contribution in [0.4, 0.5) is 0 Å². The van der Waals surface area contributed by atoms with Gasteiger partial charge in [-0.25, -0.2) is 0 Å². The van der Waals surface area contributed by atoms with Crippen molar-refractivity contribution in [2.75, 3.05) is 0 Å². The molecule has 0 spiro atoms. The van der Waals surface area contributed by atoms with E-state index >= 15 is 0 Å². The molecule has 2 aliphatic carbocycles. The molecule has 0 aromatic heterocycles. The Morgan fingerprint density at radius 3 is 1.92 bits per heavy atom. The molecule has 128 valence electrons. The van der Waals surface area contributed by atoms with E-state index in [2.05, 4.69) is 74.5 Å². The Labute approximate surface area is 175 Å². The third-order valence-corrected chi connectivity index (χ3v) is 12.1. The smallest absolute Gasteiger partial charge is 1.00 e. The second-order valence-corrected chi connectivity index (χ2v) is 11.5. The van der Waals surface area contributed by atoms with E-state index in [1.165, 1.54) is 24.0 Å². The number of halogens is 2. The van der Waals surface area contributed by atoms with Gasteiger partial charge in [-0.3, -0.25) is 0 Å². The molecule has 0 radical (unpaired) electrons. The van der Waals surface area contributed by atoms with Gasteiger partial charge in [0.25, 0.3) is 0 Å². The summed E-state index contributed by atoms with van der Waals surface area (Å²) in [7, 11) is 0. The van der Waals surface area contributed by atoms with Crippen LogP contribution in [0.25, 0.3) is 11.1 Å². The number of allylic oxidation sites excluding steroid dienone is 4. The summed E-state index contributed by atoms with van der Waals surface area (Å²) >= 11 is -0.962. The van der Waals surface area contributed by atoms with E-state index in [1.54, 1.807) is 16.7 Å². The topological polar surface area (TPSA) is 0 Å². The zero-order chi connectivity index (χ0) is 15.8. The third kappa shape index (κ3) is 3.61. The number of hydrogen-bond acceptors (Lipinski definition) is 0. The average Bonchev–Trinajstić information content (AvgIpc) is 3.15. The van der Waals surface area contributed by atoms with Crippen molar-refractivity contribution in [2.24, 2.45) is 5.92 Å². The Morgan fingerprint density at radius 1 is 0.840 bits per heavy atom. The predicted molar refractivity (Wildman–Crippen MR) is 94.0 cm³/mol. The number of hydrogen-bond donors (Lipinski definition) is 0. The molecule has 0 saturated heterocycles. The van der Waals surface area contributed by atoms with E-state index in [4.69, 9.17) is 0 Å². The summed E-state index contributed by atoms with van der Waals surface area (Å²) in [6, 6.07) is 18.2. The standard InChI is InChI=1S/C13H9.C9H13.2ClH.Hf/c1-3-7-12-10(5-1)9-11-6-2-4-8-13(11)12;1-3-8-5-6-9(4-2)7-8;;;/h1-9H;5-6,8H,3-4H2,1-2H3;2*1H;/q;;;;+2/p-2. The fourth-order valence-electron chi connectivity index (χ4n) is 3.97. The van der Waals surface area contributed by atoms with Crippen LogP contribution >= 0.6 is 0 Å². The van der Waals surface area contributed by atoms with Gasteiger partial charge in [-0.2, -0.15) is 0 Å². The van der Waals surface area contributed by atoms with Crippen molar-refractivity contribution in [3.8, 4) is 11.1 Å². The molecule has 3 heteroatoms. The summed E-state index contributed by atoms with van der Waals surface area (Å²) in [5, 5.41) is 0. The Bertz CT molecular complexity index is 762. The molecule has 25 heavy (non-hydrogen) atoms. The summed E-state index contributed by atoms with van der Waals surface area (Å²) in [4.78, 5) is 0. The largest absolute Gasteiger partial charge is 1.00 e. The van der Waals surface area contributed by atoms with Crippen molar-refractivity contribution < 1.29 is 47.7 Å². The zero-order valence-electron chi connectivity index (χ0n) is 14.6. The molecule has 0 fully saturated rings. The fourth-order valence-corrected chi connectivity index (χ4v) is 11.5. The summed E-state index contributed by atoms with van der Waals surface area (Å²) in [5.41, 5.74) is 7.82. The minimum absolute atomic E-state index is 0. The first-order chi connectivity index (χ1) is 11.3. The fraction of sp³-hybridized carbons (Fsp3) is 0.273. The van der Waals surface area contributed by atoms with Crippen LogP contribution in [0.2, 0.25) is 0 Å². The first kappa shape index (κ1) is 20.7. The maximum atomic E-state index is 2.47. The van der Waals surface area contributed by atoms with Gasteiger partial charge in [0, 0.05) is 0 Å². The second-order valence-electron chi connectivity index (χ2n) is 6.42. The van der Waals surface area contributed by atoms with Gasteiger partial charge in [-0.05, 0) is 0 Å². The van der Waals surface area contributed by atoms with Crippen molar-refractivity contribution in [1.82, 2.24) is 0 Å². The minimum Gasteiger partial charge on any atom is -1.00 e. The molecule has 2 aromatic rings. The Morgan fingerprint density at radius 2 is 1.40 bits per heavy atom. The van der Waals surface area contributed by atoms with Gasteiger partial charge >= 0.3 is 151 Å². The Balaban J connectivity index is 0.00000113. The van der Waals surface area contributed by atoms with Gasteiger partial charge in [0.1, 0.15) is 0 Å². The SMILES string of the molecule is CCC1=[C]([Hf+2][CH]2c3ccccc3-c3ccccc32)C(CC)C=C1.[Cl-].[Cl-]. The van der Waals surface area contributed by atoms with Crippen LogP contribution in [-0.2, 0) is 22.9 Å². The Hall–Kier alpha value is -0.630. The maximum absolute atomic E-state index is 2.47. The van der Waals surface area contributed by atoms with E-state index in [9.17, 15) is 0 Å². The average molecular weight is 536 g/mol. The van der Waals surface area contributed by atoms with Crippen LogP contribution in [0.3, 0.4) is 0 Å². The van der Waals surface area contributed by atoms with E-state index in [1.807, 2.05) is 3.33 Å². The van der Waals surface area contributed by atoms with E-state index in [0.717, 1.165) is 5.92 Å². The molecule has 0 bridgehead atoms. The van der Waals surface area contributed by atoms with E-state index < -0.39 is 22.9 Å². The predicted octanol–water partition coefficient (Wildman–Crippen LogP) is 0.107. The summed E-state index contributed by atoms with van der Waals surface area (Å²) in [5.74, 6) is 0.730. The van der Waals surface area contributed by atoms with Gasteiger partial charge in [-0.15, -0.1) is 0 Å². The number of rotatable bonds is 4. The molecule has 1 atom stereocenters. The normalized spacial score (nSPS) is 17.4. The van der Waals surface area contributed by atoms with Crippen LogP contribution in [0.15, 0.2) is 69.6 Å². The molecule has 2 aliphatic rings. The molecule has 0 aliphatic heterocycles. The molecule has 0 nitrogen and oxygen atoms in total. The van der Waals surface area contributed by atoms with Crippen LogP contribution in [0.1, 0.15) is 41.5 Å². The summed E-state index contributed by atoms with van der Waals surface area (Å²) in [6.45, 7) is 4.66. The number of fused-ring (bicyclic) bond motifs is 3. The van der Waals surface area contributed by atoms with Gasteiger partial charge in [0.05, 0.1) is 0 Å². The molecule has 4 rings (SSSR count). The van der Waals surface area contributed by atoms with Crippen molar-refractivity contribution >= 4 is 0 Å². The van der Waals surface area contributed by atoms with Crippen molar-refractivity contribution in [1.29, 1.82) is 0 Å². The van der Waals surface area contributed by atoms with Crippen molar-refractivity contribution in [2.45, 2.75) is 30.4 Å². The molecule has 0 N–H and O–H groups in total. The Kier molecular flexibility index (Phi) is 7.31. The van der Waals surface area contributed by atoms with Gasteiger partial charge in [-0.1, -0.05) is 0 Å². The van der Waals surface area contributed by atoms with Gasteiger partial charge < -0.3 is 24.8 Å². The zero-order valence-corrected chi connectivity index (χ0v) is 19.7. The molecule has 0 saturated carbocycles. The first-order valence-electron chi connectivity index (χ1n) is 8.69. The van der Waals surface area contributed by atoms with Gasteiger partial charge in [0.2, 0.25) is 0 Å². The second kappa shape index (κ2) is 8.84. The number of benzene rings is 2. The molecule has 0 heterocycles. The molecule has 1 unspecified atom stereocenters. The molecular formula is C22H22Cl2Hf. The van der Waals surface area contributed by atoms with Crippen molar-refractivity contribution in [3.63, 3.8) is 0 Å². The minimum atomic E-state index is -0.962. The maximum Gasteiger partial charge on any atom is -1.00 e. The monoisotopic (exact) mass is 536 g/mol. The van der Waals surface area contributed by atoms with E-state index in [0.29, 0.717) is 3.67 Å². The molecule has 0 amide bonds. The van der Waals surface area contributed by atoms with Gasteiger partial charge in [0.15, 0.2) is 0 Å². The van der Waals surface area contributed by atoms with Crippen LogP contribution in [-0.4, -0.2) is 0 Å². The van der Waals surface area contributed by atoms with Crippen LogP contribution < -0.4 is 24.8 Å². The molecular weight excluding hydrogens is 514 g/mol. The third-order valence-electron chi connectivity index (χ3n) is 5.20. The quantitative estimate of drug-likeness (QED) is 0.488. The van der Waals surface area contributed by atoms with Crippen molar-refractivity contribution in [3.05, 3.63) is 80.7 Å². The first-order valence-corrected chi connectivity index (χ1v) is 12.6. The molecule has 2 aromatic carbocycles.